The Morgan fingerprint density at radius 2 is 1.00 bits per heavy atom. The minimum atomic E-state index is -1.78. The molecular formula is C51H86O15. The summed E-state index contributed by atoms with van der Waals surface area (Å²) in [7, 11) is 0. The van der Waals surface area contributed by atoms with Gasteiger partial charge in [0, 0.05) is 12.8 Å². The normalized spacial score (nSPS) is 26.2. The van der Waals surface area contributed by atoms with E-state index >= 15 is 0 Å². The highest BCUT2D eigenvalue weighted by Gasteiger charge is 2.47. The first-order valence-electron chi connectivity index (χ1n) is 25.0. The summed E-state index contributed by atoms with van der Waals surface area (Å²) in [6.07, 6.45) is 22.1. The Labute approximate surface area is 394 Å². The summed E-state index contributed by atoms with van der Waals surface area (Å²) >= 11 is 0. The van der Waals surface area contributed by atoms with Crippen LogP contribution in [0.1, 0.15) is 162 Å². The summed E-state index contributed by atoms with van der Waals surface area (Å²) < 4.78 is 33.5. The molecular weight excluding hydrogens is 853 g/mol. The maximum Gasteiger partial charge on any atom is 0.306 e. The van der Waals surface area contributed by atoms with E-state index in [4.69, 9.17) is 28.4 Å². The molecule has 0 aromatic heterocycles. The standard InChI is InChI=1S/C51H86O15/c1-3-5-7-9-11-13-15-17-19-21-23-25-27-29-31-33-42(53)61-36-39(64-43(54)34-32-30-28-26-24-22-20-18-16-14-12-10-8-6-4-2)37-62-50-49(60)47(58)45(56)41(66-50)38-63-51-48(59)46(57)44(55)40(35-52)65-51/h11,13,16-17,19-20,23,25,39-41,44-52,55-60H,3-10,12,14-15,21-22,24,26-38H2,1-2H3/b13-11+,19-17+,25-23+/t18?,39-,40-,41-,44+,45+,46?,47?,48?,49?,50-,51-/m1/s1. The van der Waals surface area contributed by atoms with Crippen molar-refractivity contribution < 1.29 is 73.8 Å². The third-order valence-electron chi connectivity index (χ3n) is 11.6. The predicted octanol–water partition coefficient (Wildman–Crippen LogP) is 6.47. The molecule has 7 N–H and O–H groups in total. The van der Waals surface area contributed by atoms with Gasteiger partial charge in [-0.15, -0.1) is 5.73 Å². The summed E-state index contributed by atoms with van der Waals surface area (Å²) in [6.45, 7) is 2.46. The van der Waals surface area contributed by atoms with E-state index in [1.54, 1.807) is 0 Å². The zero-order chi connectivity index (χ0) is 48.2. The Bertz CT molecular complexity index is 1390. The van der Waals surface area contributed by atoms with Crippen LogP contribution in [0.15, 0.2) is 54.3 Å². The number of carbonyl (C=O) groups is 2. The number of aliphatic hydroxyl groups excluding tert-OH is 7. The topological polar surface area (TPSA) is 231 Å². The van der Waals surface area contributed by atoms with Gasteiger partial charge in [-0.1, -0.05) is 108 Å². The highest BCUT2D eigenvalue weighted by atomic mass is 16.7. The summed E-state index contributed by atoms with van der Waals surface area (Å²) in [5, 5.41) is 72.0. The average molecular weight is 939 g/mol. The van der Waals surface area contributed by atoms with Gasteiger partial charge < -0.3 is 64.2 Å². The van der Waals surface area contributed by atoms with E-state index in [0.717, 1.165) is 70.6 Å². The molecule has 0 aromatic carbocycles. The summed E-state index contributed by atoms with van der Waals surface area (Å²) in [6, 6.07) is 0. The average Bonchev–Trinajstić information content (AvgIpc) is 3.31. The Hall–Kier alpha value is -2.76. The third kappa shape index (κ3) is 26.1. The van der Waals surface area contributed by atoms with Crippen LogP contribution in [0.5, 0.6) is 0 Å². The van der Waals surface area contributed by atoms with E-state index < -0.39 is 99.3 Å². The van der Waals surface area contributed by atoms with Crippen LogP contribution >= 0.6 is 0 Å². The number of esters is 2. The maximum atomic E-state index is 13.0. The molecule has 0 bridgehead atoms. The second kappa shape index (κ2) is 38.1. The number of ether oxygens (including phenoxy) is 6. The lowest BCUT2D eigenvalue weighted by atomic mass is 9.98. The lowest BCUT2D eigenvalue weighted by Crippen LogP contribution is -2.61. The molecule has 15 nitrogen and oxygen atoms in total. The Balaban J connectivity index is 1.86. The first-order valence-corrected chi connectivity index (χ1v) is 25.0. The first-order chi connectivity index (χ1) is 32.0. The maximum absolute atomic E-state index is 13.0. The molecule has 11 atom stereocenters. The summed E-state index contributed by atoms with van der Waals surface area (Å²) in [5.41, 5.74) is 3.28. The van der Waals surface area contributed by atoms with Gasteiger partial charge in [-0.3, -0.25) is 9.59 Å². The molecule has 0 saturated carbocycles. The van der Waals surface area contributed by atoms with Crippen molar-refractivity contribution in [3.8, 4) is 0 Å². The van der Waals surface area contributed by atoms with Crippen molar-refractivity contribution in [1.29, 1.82) is 0 Å². The molecule has 2 aliphatic rings. The molecule has 2 rings (SSSR count). The second-order valence-electron chi connectivity index (χ2n) is 17.4. The number of hydrogen-bond donors (Lipinski definition) is 7. The lowest BCUT2D eigenvalue weighted by molar-refractivity contribution is -0.332. The van der Waals surface area contributed by atoms with Gasteiger partial charge in [-0.25, -0.2) is 0 Å². The summed E-state index contributed by atoms with van der Waals surface area (Å²) in [5.74, 6) is -0.995. The van der Waals surface area contributed by atoms with Crippen LogP contribution in [0.2, 0.25) is 0 Å². The van der Waals surface area contributed by atoms with E-state index in [1.807, 2.05) is 0 Å². The molecule has 0 aromatic rings. The van der Waals surface area contributed by atoms with E-state index in [-0.39, 0.29) is 19.4 Å². The van der Waals surface area contributed by atoms with Crippen molar-refractivity contribution in [2.75, 3.05) is 26.4 Å². The number of hydrogen-bond acceptors (Lipinski definition) is 15. The Kier molecular flexibility index (Phi) is 34.3. The fraction of sp³-hybridized carbons (Fsp3) is 0.784. The SMILES string of the molecule is CCCCC/C=C/C/C=C/C/C=C/CCCCC(=O)OC[C@H](CO[C@@H]1O[C@H](CO[C@@H]2O[C@H](CO)[C@H](O)C(O)C2O)[C@H](O)C(O)C1O)OC(=O)CCCCCCCC=C=CCCCCCCC. The molecule has 4 unspecified atom stereocenters. The van der Waals surface area contributed by atoms with E-state index in [9.17, 15) is 45.3 Å². The van der Waals surface area contributed by atoms with Gasteiger partial charge in [-0.05, 0) is 89.2 Å². The van der Waals surface area contributed by atoms with E-state index in [0.29, 0.717) is 12.8 Å². The van der Waals surface area contributed by atoms with Gasteiger partial charge >= 0.3 is 11.9 Å². The summed E-state index contributed by atoms with van der Waals surface area (Å²) in [4.78, 5) is 25.7. The van der Waals surface area contributed by atoms with Crippen molar-refractivity contribution in [2.45, 2.75) is 229 Å². The van der Waals surface area contributed by atoms with Gasteiger partial charge in [0.05, 0.1) is 19.8 Å². The van der Waals surface area contributed by atoms with Gasteiger partial charge in [0.25, 0.3) is 0 Å². The highest BCUT2D eigenvalue weighted by Crippen LogP contribution is 2.26. The third-order valence-corrected chi connectivity index (χ3v) is 11.6. The minimum absolute atomic E-state index is 0.135. The molecule has 2 aliphatic heterocycles. The predicted molar refractivity (Wildman–Crippen MR) is 251 cm³/mol. The molecule has 0 amide bonds. The van der Waals surface area contributed by atoms with Gasteiger partial charge in [0.2, 0.25) is 0 Å². The quantitative estimate of drug-likeness (QED) is 0.0153. The van der Waals surface area contributed by atoms with Crippen LogP contribution in [0.4, 0.5) is 0 Å². The zero-order valence-electron chi connectivity index (χ0n) is 40.0. The molecule has 66 heavy (non-hydrogen) atoms. The fourth-order valence-electron chi connectivity index (χ4n) is 7.38. The van der Waals surface area contributed by atoms with Gasteiger partial charge in [0.1, 0.15) is 55.4 Å². The van der Waals surface area contributed by atoms with Gasteiger partial charge in [-0.2, -0.15) is 0 Å². The molecule has 2 fully saturated rings. The monoisotopic (exact) mass is 939 g/mol. The number of aliphatic hydroxyl groups is 7. The molecule has 2 saturated heterocycles. The Morgan fingerprint density at radius 3 is 1.62 bits per heavy atom. The molecule has 0 spiro atoms. The van der Waals surface area contributed by atoms with Crippen molar-refractivity contribution >= 4 is 11.9 Å². The number of unbranched alkanes of at least 4 members (excludes halogenated alkanes) is 15. The fourth-order valence-corrected chi connectivity index (χ4v) is 7.38. The largest absolute Gasteiger partial charge is 0.462 e. The minimum Gasteiger partial charge on any atom is -0.462 e. The van der Waals surface area contributed by atoms with Crippen LogP contribution in [-0.4, -0.2) is 142 Å². The molecule has 15 heteroatoms. The van der Waals surface area contributed by atoms with Crippen molar-refractivity contribution in [3.05, 3.63) is 54.3 Å². The number of allylic oxidation sites excluding steroid dienone is 7. The van der Waals surface area contributed by atoms with Crippen molar-refractivity contribution in [2.24, 2.45) is 0 Å². The second-order valence-corrected chi connectivity index (χ2v) is 17.4. The number of carbonyl (C=O) groups excluding carboxylic acids is 2. The lowest BCUT2D eigenvalue weighted by Gasteiger charge is -2.42. The zero-order valence-corrected chi connectivity index (χ0v) is 40.0. The van der Waals surface area contributed by atoms with Crippen LogP contribution in [0, 0.1) is 0 Å². The van der Waals surface area contributed by atoms with Crippen LogP contribution in [0.25, 0.3) is 0 Å². The van der Waals surface area contributed by atoms with E-state index in [2.05, 4.69) is 68.2 Å². The van der Waals surface area contributed by atoms with Crippen molar-refractivity contribution in [3.63, 3.8) is 0 Å². The van der Waals surface area contributed by atoms with Crippen LogP contribution in [0.3, 0.4) is 0 Å². The Morgan fingerprint density at radius 1 is 0.530 bits per heavy atom. The molecule has 0 aliphatic carbocycles. The van der Waals surface area contributed by atoms with Crippen LogP contribution in [-0.2, 0) is 38.0 Å². The van der Waals surface area contributed by atoms with E-state index in [1.165, 1.54) is 51.4 Å². The highest BCUT2D eigenvalue weighted by molar-refractivity contribution is 5.70. The smallest absolute Gasteiger partial charge is 0.306 e. The molecule has 380 valence electrons. The molecule has 2 heterocycles. The van der Waals surface area contributed by atoms with Gasteiger partial charge in [0.15, 0.2) is 18.7 Å². The van der Waals surface area contributed by atoms with Crippen molar-refractivity contribution in [1.82, 2.24) is 0 Å². The first kappa shape index (κ1) is 59.4. The number of rotatable bonds is 37. The van der Waals surface area contributed by atoms with Crippen LogP contribution < -0.4 is 0 Å². The molecule has 0 radical (unpaired) electrons.